The van der Waals surface area contributed by atoms with Gasteiger partial charge in [-0.05, 0) is 37.3 Å². The number of aliphatic hydroxyl groups is 1. The molecule has 0 bridgehead atoms. The maximum absolute atomic E-state index is 12.5. The molecule has 9 nitrogen and oxygen atoms in total. The summed E-state index contributed by atoms with van der Waals surface area (Å²) in [6, 6.07) is 14.2. The first-order valence-corrected chi connectivity index (χ1v) is 12.9. The van der Waals surface area contributed by atoms with Gasteiger partial charge in [-0.25, -0.2) is 18.2 Å². The van der Waals surface area contributed by atoms with Crippen molar-refractivity contribution >= 4 is 44.6 Å². The number of nitriles is 1. The number of nitrogens with zero attached hydrogens (tertiary/aromatic N) is 3. The van der Waals surface area contributed by atoms with E-state index in [1.807, 2.05) is 24.3 Å². The molecule has 34 heavy (non-hydrogen) atoms. The molecule has 0 saturated carbocycles. The molecule has 0 spiro atoms. The highest BCUT2D eigenvalue weighted by Gasteiger charge is 2.33. The summed E-state index contributed by atoms with van der Waals surface area (Å²) in [4.78, 5) is 17.3. The number of thioether (sulfide) groups is 1. The van der Waals surface area contributed by atoms with Gasteiger partial charge in [-0.2, -0.15) is 9.57 Å². The fourth-order valence-electron chi connectivity index (χ4n) is 3.01. The van der Waals surface area contributed by atoms with Crippen LogP contribution in [0.15, 0.2) is 68.1 Å². The zero-order valence-corrected chi connectivity index (χ0v) is 20.2. The summed E-state index contributed by atoms with van der Waals surface area (Å²) < 4.78 is 35.9. The van der Waals surface area contributed by atoms with Gasteiger partial charge in [0.15, 0.2) is 0 Å². The van der Waals surface area contributed by atoms with E-state index in [-0.39, 0.29) is 37.4 Å². The fraction of sp³-hybridized carbons (Fsp3) is 0.261. The monoisotopic (exact) mass is 501 g/mol. The number of carbonyl (C=O) groups is 1. The highest BCUT2D eigenvalue weighted by atomic mass is 32.2. The average molecular weight is 502 g/mol. The van der Waals surface area contributed by atoms with Gasteiger partial charge in [-0.1, -0.05) is 30.0 Å². The predicted octanol–water partition coefficient (Wildman–Crippen LogP) is 4.15. The number of esters is 1. The molecular formula is C23H23N3O6S2. The number of ether oxygens (including phenoxy) is 1. The molecule has 0 radical (unpaired) electrons. The van der Waals surface area contributed by atoms with E-state index in [0.29, 0.717) is 27.2 Å². The summed E-state index contributed by atoms with van der Waals surface area (Å²) in [5.74, 6) is -0.248. The number of hydrogen-bond acceptors (Lipinski definition) is 9. The van der Waals surface area contributed by atoms with Crippen LogP contribution in [0.5, 0.6) is 0 Å². The number of furan rings is 1. The molecule has 1 aromatic carbocycles. The van der Waals surface area contributed by atoms with Crippen LogP contribution in [0, 0.1) is 11.3 Å². The lowest BCUT2D eigenvalue weighted by molar-refractivity contribution is -0.138. The Morgan fingerprint density at radius 2 is 2.03 bits per heavy atom. The van der Waals surface area contributed by atoms with Crippen LogP contribution in [0.2, 0.25) is 0 Å². The smallest absolute Gasteiger partial charge is 0.344 e. The Morgan fingerprint density at radius 1 is 1.29 bits per heavy atom. The quantitative estimate of drug-likeness (QED) is 0.507. The maximum atomic E-state index is 12.5. The van der Waals surface area contributed by atoms with Gasteiger partial charge in [0.25, 0.3) is 0 Å². The van der Waals surface area contributed by atoms with E-state index in [1.165, 1.54) is 6.08 Å². The molecule has 0 amide bonds. The summed E-state index contributed by atoms with van der Waals surface area (Å²) >= 11 is 1.09. The molecule has 2 heterocycles. The summed E-state index contributed by atoms with van der Waals surface area (Å²) in [5, 5.41) is 19.8. The van der Waals surface area contributed by atoms with Crippen LogP contribution in [-0.2, 0) is 26.1 Å². The molecule has 0 fully saturated rings. The third-order valence-electron chi connectivity index (χ3n) is 4.59. The van der Waals surface area contributed by atoms with Crippen LogP contribution in [-0.4, -0.2) is 48.2 Å². The van der Waals surface area contributed by atoms with Crippen molar-refractivity contribution in [3.63, 3.8) is 0 Å². The molecule has 3 rings (SSSR count). The largest absolute Gasteiger partial charge is 0.506 e. The van der Waals surface area contributed by atoms with E-state index in [9.17, 15) is 18.3 Å². The lowest BCUT2D eigenvalue weighted by Crippen LogP contribution is -2.30. The molecule has 1 aliphatic heterocycles. The minimum atomic E-state index is -3.53. The second kappa shape index (κ2) is 11.2. The first kappa shape index (κ1) is 25.3. The van der Waals surface area contributed by atoms with E-state index in [4.69, 9.17) is 14.4 Å². The van der Waals surface area contributed by atoms with Crippen molar-refractivity contribution in [3.8, 4) is 6.07 Å². The van der Waals surface area contributed by atoms with E-state index in [0.717, 1.165) is 22.3 Å². The van der Waals surface area contributed by atoms with Gasteiger partial charge in [0.2, 0.25) is 10.0 Å². The minimum Gasteiger partial charge on any atom is -0.506 e. The molecular weight excluding hydrogens is 478 g/mol. The normalized spacial score (nSPS) is 16.4. The highest BCUT2D eigenvalue weighted by Crippen LogP contribution is 2.40. The molecule has 0 atom stereocenters. The Labute approximate surface area is 202 Å². The van der Waals surface area contributed by atoms with E-state index >= 15 is 0 Å². The second-order valence-corrected chi connectivity index (χ2v) is 10.1. The van der Waals surface area contributed by atoms with E-state index in [2.05, 4.69) is 4.99 Å². The number of benzene rings is 1. The Hall–Kier alpha value is -3.33. The SMILES string of the molecule is CCOC(=O)C1=C(O)/C(=C/c2ccc(CN(CCC#N)S(C)(=O)=O)o2)SC1=Nc1ccccc1. The number of carbonyl (C=O) groups excluding carboxylic acids is 1. The highest BCUT2D eigenvalue weighted by molar-refractivity contribution is 8.18. The van der Waals surface area contributed by atoms with Crippen molar-refractivity contribution in [3.05, 3.63) is 70.2 Å². The number of rotatable bonds is 9. The van der Waals surface area contributed by atoms with Crippen molar-refractivity contribution < 1.29 is 27.5 Å². The van der Waals surface area contributed by atoms with Crippen LogP contribution in [0.3, 0.4) is 0 Å². The molecule has 2 aromatic rings. The van der Waals surface area contributed by atoms with Crippen LogP contribution < -0.4 is 0 Å². The number of hydrogen-bond donors (Lipinski definition) is 1. The third-order valence-corrected chi connectivity index (χ3v) is 6.86. The van der Waals surface area contributed by atoms with Crippen LogP contribution in [0.4, 0.5) is 5.69 Å². The molecule has 1 N–H and O–H groups in total. The Morgan fingerprint density at radius 3 is 2.68 bits per heavy atom. The van der Waals surface area contributed by atoms with Crippen LogP contribution in [0.1, 0.15) is 24.9 Å². The average Bonchev–Trinajstić information content (AvgIpc) is 3.35. The Kier molecular flexibility index (Phi) is 8.33. The summed E-state index contributed by atoms with van der Waals surface area (Å²) in [7, 11) is -3.53. The zero-order chi connectivity index (χ0) is 24.7. The van der Waals surface area contributed by atoms with Crippen molar-refractivity contribution in [2.75, 3.05) is 19.4 Å². The van der Waals surface area contributed by atoms with E-state index in [1.54, 1.807) is 31.2 Å². The predicted molar refractivity (Wildman–Crippen MR) is 130 cm³/mol. The lowest BCUT2D eigenvalue weighted by atomic mass is 10.2. The minimum absolute atomic E-state index is 0.0338. The fourth-order valence-corrected chi connectivity index (χ4v) is 4.81. The Bertz CT molecular complexity index is 1290. The van der Waals surface area contributed by atoms with Gasteiger partial charge in [0.1, 0.15) is 27.9 Å². The second-order valence-electron chi connectivity index (χ2n) is 7.12. The van der Waals surface area contributed by atoms with Gasteiger partial charge in [0, 0.05) is 13.0 Å². The lowest BCUT2D eigenvalue weighted by Gasteiger charge is -2.16. The zero-order valence-electron chi connectivity index (χ0n) is 18.6. The first-order valence-electron chi connectivity index (χ1n) is 10.3. The Balaban J connectivity index is 1.89. The van der Waals surface area contributed by atoms with Gasteiger partial charge in [-0.3, -0.25) is 0 Å². The molecule has 1 aromatic heterocycles. The molecule has 11 heteroatoms. The third kappa shape index (κ3) is 6.38. The molecule has 1 aliphatic rings. The first-order chi connectivity index (χ1) is 16.2. The molecule has 0 saturated heterocycles. The van der Waals surface area contributed by atoms with Crippen molar-refractivity contribution in [1.29, 1.82) is 5.26 Å². The molecule has 178 valence electrons. The molecule has 0 unspecified atom stereocenters. The number of aliphatic imine (C=N–C) groups is 1. The van der Waals surface area contributed by atoms with Crippen molar-refractivity contribution in [1.82, 2.24) is 4.31 Å². The van der Waals surface area contributed by atoms with Gasteiger partial charge >= 0.3 is 5.97 Å². The standard InChI is InChI=1S/C23H23N3O6S2/c1-3-31-23(28)20-21(27)19(33-22(20)25-16-8-5-4-6-9-16)14-17-10-11-18(32-17)15-26(13-7-12-24)34(2,29)30/h4-6,8-11,14,27H,3,7,13,15H2,1-2H3/b19-14-,25-22?. The van der Waals surface area contributed by atoms with Gasteiger partial charge < -0.3 is 14.3 Å². The van der Waals surface area contributed by atoms with Crippen LogP contribution >= 0.6 is 11.8 Å². The summed E-state index contributed by atoms with van der Waals surface area (Å²) in [6.07, 6.45) is 2.66. The molecule has 0 aliphatic carbocycles. The van der Waals surface area contributed by atoms with Crippen molar-refractivity contribution in [2.45, 2.75) is 19.9 Å². The van der Waals surface area contributed by atoms with E-state index < -0.39 is 16.0 Å². The summed E-state index contributed by atoms with van der Waals surface area (Å²) in [5.41, 5.74) is 0.577. The number of aliphatic hydroxyl groups excluding tert-OH is 1. The van der Waals surface area contributed by atoms with Gasteiger partial charge in [-0.15, -0.1) is 0 Å². The topological polar surface area (TPSA) is 133 Å². The number of para-hydroxylation sites is 1. The maximum Gasteiger partial charge on any atom is 0.344 e. The summed E-state index contributed by atoms with van der Waals surface area (Å²) in [6.45, 7) is 1.83. The number of sulfonamides is 1. The van der Waals surface area contributed by atoms with Crippen molar-refractivity contribution in [2.24, 2.45) is 4.99 Å². The van der Waals surface area contributed by atoms with Gasteiger partial charge in [0.05, 0.1) is 36.1 Å². The van der Waals surface area contributed by atoms with Crippen LogP contribution in [0.25, 0.3) is 6.08 Å².